The Labute approximate surface area is 111 Å². The summed E-state index contributed by atoms with van der Waals surface area (Å²) in [6.07, 6.45) is 7.13. The second-order valence-corrected chi connectivity index (χ2v) is 4.27. The number of rotatable bonds is 5. The van der Waals surface area contributed by atoms with Gasteiger partial charge in [0.05, 0.1) is 6.61 Å². The Hall–Kier alpha value is -1.68. The van der Waals surface area contributed by atoms with E-state index in [9.17, 15) is 0 Å². The number of hydrogen-bond donors (Lipinski definition) is 0. The standard InChI is InChI=1S/C13H14ClN3O/c1-10-9-16-13(14)17-12(10)18-8-2-3-11-4-6-15-7-5-11/h4-7,9H,2-3,8H2,1H3. The quantitative estimate of drug-likeness (QED) is 0.615. The molecule has 2 aromatic rings. The lowest BCUT2D eigenvalue weighted by Crippen LogP contribution is -2.03. The summed E-state index contributed by atoms with van der Waals surface area (Å²) in [7, 11) is 0. The lowest BCUT2D eigenvalue weighted by Gasteiger charge is -2.07. The molecule has 2 aromatic heterocycles. The molecule has 0 aliphatic heterocycles. The molecule has 2 heterocycles. The van der Waals surface area contributed by atoms with Crippen LogP contribution in [0, 0.1) is 6.92 Å². The van der Waals surface area contributed by atoms with Crippen molar-refractivity contribution < 1.29 is 4.74 Å². The predicted molar refractivity (Wildman–Crippen MR) is 69.8 cm³/mol. The molecule has 0 N–H and O–H groups in total. The van der Waals surface area contributed by atoms with Gasteiger partial charge in [-0.25, -0.2) is 4.98 Å². The maximum atomic E-state index is 5.72. The molecule has 0 radical (unpaired) electrons. The number of halogens is 1. The first-order valence-corrected chi connectivity index (χ1v) is 6.14. The number of pyridine rings is 1. The first-order valence-electron chi connectivity index (χ1n) is 5.76. The molecular formula is C13H14ClN3O. The third kappa shape index (κ3) is 3.67. The van der Waals surface area contributed by atoms with Crippen LogP contribution in [0.3, 0.4) is 0 Å². The molecule has 0 amide bonds. The fraction of sp³-hybridized carbons (Fsp3) is 0.308. The predicted octanol–water partition coefficient (Wildman–Crippen LogP) is 2.85. The van der Waals surface area contributed by atoms with Crippen LogP contribution in [0.15, 0.2) is 30.7 Å². The fourth-order valence-electron chi connectivity index (χ4n) is 1.55. The zero-order valence-electron chi connectivity index (χ0n) is 10.1. The zero-order valence-corrected chi connectivity index (χ0v) is 10.9. The van der Waals surface area contributed by atoms with E-state index in [2.05, 4.69) is 15.0 Å². The maximum Gasteiger partial charge on any atom is 0.225 e. The van der Waals surface area contributed by atoms with Gasteiger partial charge in [-0.3, -0.25) is 4.98 Å². The zero-order chi connectivity index (χ0) is 12.8. The summed E-state index contributed by atoms with van der Waals surface area (Å²) in [6, 6.07) is 4.01. The van der Waals surface area contributed by atoms with E-state index in [-0.39, 0.29) is 5.28 Å². The Morgan fingerprint density at radius 2 is 2.06 bits per heavy atom. The van der Waals surface area contributed by atoms with E-state index in [4.69, 9.17) is 16.3 Å². The minimum absolute atomic E-state index is 0.213. The second-order valence-electron chi connectivity index (χ2n) is 3.93. The van der Waals surface area contributed by atoms with E-state index in [1.165, 1.54) is 5.56 Å². The van der Waals surface area contributed by atoms with E-state index in [0.717, 1.165) is 18.4 Å². The Bertz CT molecular complexity index is 505. The molecule has 2 rings (SSSR count). The highest BCUT2D eigenvalue weighted by Crippen LogP contribution is 2.15. The van der Waals surface area contributed by atoms with Crippen LogP contribution in [-0.4, -0.2) is 21.6 Å². The lowest BCUT2D eigenvalue weighted by atomic mass is 10.1. The van der Waals surface area contributed by atoms with Gasteiger partial charge >= 0.3 is 0 Å². The molecule has 0 spiro atoms. The topological polar surface area (TPSA) is 47.9 Å². The Balaban J connectivity index is 1.80. The van der Waals surface area contributed by atoms with Gasteiger partial charge in [0.25, 0.3) is 0 Å². The number of nitrogens with zero attached hydrogens (tertiary/aromatic N) is 3. The van der Waals surface area contributed by atoms with Crippen molar-refractivity contribution in [3.05, 3.63) is 47.1 Å². The van der Waals surface area contributed by atoms with Crippen molar-refractivity contribution in [2.24, 2.45) is 0 Å². The molecule has 0 saturated heterocycles. The smallest absolute Gasteiger partial charge is 0.225 e. The van der Waals surface area contributed by atoms with Gasteiger partial charge in [0, 0.05) is 24.2 Å². The van der Waals surface area contributed by atoms with Gasteiger partial charge in [0.15, 0.2) is 0 Å². The molecular weight excluding hydrogens is 250 g/mol. The summed E-state index contributed by atoms with van der Waals surface area (Å²) in [4.78, 5) is 11.9. The van der Waals surface area contributed by atoms with E-state index in [1.54, 1.807) is 18.6 Å². The van der Waals surface area contributed by atoms with Crippen LogP contribution >= 0.6 is 11.6 Å². The summed E-state index contributed by atoms with van der Waals surface area (Å²) < 4.78 is 5.59. The highest BCUT2D eigenvalue weighted by molar-refractivity contribution is 6.28. The third-order valence-electron chi connectivity index (χ3n) is 2.49. The first-order chi connectivity index (χ1) is 8.75. The Morgan fingerprint density at radius 3 is 2.83 bits per heavy atom. The third-order valence-corrected chi connectivity index (χ3v) is 2.68. The van der Waals surface area contributed by atoms with Gasteiger partial charge in [-0.2, -0.15) is 4.98 Å². The van der Waals surface area contributed by atoms with Crippen molar-refractivity contribution in [1.82, 2.24) is 15.0 Å². The summed E-state index contributed by atoms with van der Waals surface area (Å²) in [5, 5.41) is 0.213. The van der Waals surface area contributed by atoms with Gasteiger partial charge in [-0.05, 0) is 49.1 Å². The number of hydrogen-bond acceptors (Lipinski definition) is 4. The molecule has 0 unspecified atom stereocenters. The second kappa shape index (κ2) is 6.31. The monoisotopic (exact) mass is 263 g/mol. The van der Waals surface area contributed by atoms with Crippen LogP contribution in [0.25, 0.3) is 0 Å². The van der Waals surface area contributed by atoms with Crippen LogP contribution in [0.2, 0.25) is 5.28 Å². The van der Waals surface area contributed by atoms with Gasteiger partial charge in [0.2, 0.25) is 11.2 Å². The number of aromatic nitrogens is 3. The van der Waals surface area contributed by atoms with Crippen molar-refractivity contribution in [1.29, 1.82) is 0 Å². The van der Waals surface area contributed by atoms with Crippen molar-refractivity contribution in [3.8, 4) is 5.88 Å². The van der Waals surface area contributed by atoms with Crippen LogP contribution in [-0.2, 0) is 6.42 Å². The van der Waals surface area contributed by atoms with E-state index in [0.29, 0.717) is 12.5 Å². The lowest BCUT2D eigenvalue weighted by molar-refractivity contribution is 0.296. The molecule has 5 heteroatoms. The van der Waals surface area contributed by atoms with Crippen LogP contribution in [0.4, 0.5) is 0 Å². The minimum atomic E-state index is 0.213. The number of aryl methyl sites for hydroxylation is 2. The van der Waals surface area contributed by atoms with Gasteiger partial charge in [-0.1, -0.05) is 0 Å². The first kappa shape index (κ1) is 12.8. The summed E-state index contributed by atoms with van der Waals surface area (Å²) >= 11 is 5.72. The number of ether oxygens (including phenoxy) is 1. The van der Waals surface area contributed by atoms with Crippen LogP contribution < -0.4 is 4.74 Å². The SMILES string of the molecule is Cc1cnc(Cl)nc1OCCCc1ccncc1. The van der Waals surface area contributed by atoms with Crippen molar-refractivity contribution in [3.63, 3.8) is 0 Å². The summed E-state index contributed by atoms with van der Waals surface area (Å²) in [5.74, 6) is 0.560. The van der Waals surface area contributed by atoms with Crippen LogP contribution in [0.5, 0.6) is 5.88 Å². The molecule has 0 fully saturated rings. The van der Waals surface area contributed by atoms with Gasteiger partial charge in [0.1, 0.15) is 0 Å². The molecule has 0 bridgehead atoms. The molecule has 94 valence electrons. The van der Waals surface area contributed by atoms with E-state index >= 15 is 0 Å². The molecule has 4 nitrogen and oxygen atoms in total. The van der Waals surface area contributed by atoms with Crippen molar-refractivity contribution in [2.45, 2.75) is 19.8 Å². The minimum Gasteiger partial charge on any atom is -0.477 e. The average molecular weight is 264 g/mol. The average Bonchev–Trinajstić information content (AvgIpc) is 2.40. The molecule has 0 atom stereocenters. The molecule has 18 heavy (non-hydrogen) atoms. The highest BCUT2D eigenvalue weighted by Gasteiger charge is 2.03. The van der Waals surface area contributed by atoms with Gasteiger partial charge < -0.3 is 4.74 Å². The molecule has 0 aliphatic carbocycles. The summed E-state index contributed by atoms with van der Waals surface area (Å²) in [6.45, 7) is 2.50. The largest absolute Gasteiger partial charge is 0.477 e. The van der Waals surface area contributed by atoms with Gasteiger partial charge in [-0.15, -0.1) is 0 Å². The van der Waals surface area contributed by atoms with E-state index < -0.39 is 0 Å². The summed E-state index contributed by atoms with van der Waals surface area (Å²) in [5.41, 5.74) is 2.15. The normalized spacial score (nSPS) is 10.3. The Morgan fingerprint density at radius 1 is 1.28 bits per heavy atom. The van der Waals surface area contributed by atoms with Crippen LogP contribution in [0.1, 0.15) is 17.5 Å². The molecule has 0 saturated carbocycles. The Kier molecular flexibility index (Phi) is 4.47. The molecule has 0 aliphatic rings. The fourth-order valence-corrected chi connectivity index (χ4v) is 1.67. The van der Waals surface area contributed by atoms with E-state index in [1.807, 2.05) is 19.1 Å². The van der Waals surface area contributed by atoms with Crippen molar-refractivity contribution >= 4 is 11.6 Å². The van der Waals surface area contributed by atoms with Crippen molar-refractivity contribution in [2.75, 3.05) is 6.61 Å². The highest BCUT2D eigenvalue weighted by atomic mass is 35.5. The molecule has 0 aromatic carbocycles. The maximum absolute atomic E-state index is 5.72.